The van der Waals surface area contributed by atoms with Crippen molar-refractivity contribution in [3.63, 3.8) is 0 Å². The smallest absolute Gasteiger partial charge is 0.168 e. The third-order valence-electron chi connectivity index (χ3n) is 5.50. The zero-order valence-corrected chi connectivity index (χ0v) is 18.7. The average molecular weight is 441 g/mol. The molecule has 8 heteroatoms. The van der Waals surface area contributed by atoms with Crippen molar-refractivity contribution in [2.75, 3.05) is 21.2 Å². The van der Waals surface area contributed by atoms with Crippen molar-refractivity contribution in [1.82, 2.24) is 29.0 Å². The van der Waals surface area contributed by atoms with Crippen LogP contribution in [0.1, 0.15) is 5.82 Å². The van der Waals surface area contributed by atoms with Gasteiger partial charge in [-0.2, -0.15) is 0 Å². The molecule has 0 atom stereocenters. The Morgan fingerprint density at radius 1 is 0.909 bits per heavy atom. The van der Waals surface area contributed by atoms with Crippen molar-refractivity contribution in [2.24, 2.45) is 0 Å². The van der Waals surface area contributed by atoms with Crippen LogP contribution in [0.3, 0.4) is 0 Å². The first-order valence-electron chi connectivity index (χ1n) is 10.5. The molecule has 0 amide bonds. The molecule has 5 rings (SSSR count). The number of methoxy groups -OCH3 is 1. The number of hydrogen-bond donors (Lipinski definition) is 1. The van der Waals surface area contributed by atoms with E-state index in [9.17, 15) is 5.11 Å². The first-order chi connectivity index (χ1) is 16.0. The number of aromatic hydroxyl groups is 1. The minimum atomic E-state index is 0.0875. The van der Waals surface area contributed by atoms with E-state index in [2.05, 4.69) is 24.4 Å². The van der Waals surface area contributed by atoms with Gasteiger partial charge in [0.2, 0.25) is 0 Å². The van der Waals surface area contributed by atoms with Crippen LogP contribution in [-0.4, -0.2) is 55.3 Å². The molecule has 0 aliphatic heterocycles. The maximum atomic E-state index is 11.2. The van der Waals surface area contributed by atoms with E-state index in [4.69, 9.17) is 4.74 Å². The van der Waals surface area contributed by atoms with Gasteiger partial charge in [-0.15, -0.1) is 0 Å². The fraction of sp³-hybridized carbons (Fsp3) is 0.160. The van der Waals surface area contributed by atoms with E-state index < -0.39 is 0 Å². The minimum Gasteiger partial charge on any atom is -0.504 e. The van der Waals surface area contributed by atoms with Crippen molar-refractivity contribution in [3.05, 3.63) is 79.3 Å². The number of nitrogens with zero attached hydrogens (tertiary/aromatic N) is 6. The minimum absolute atomic E-state index is 0.0875. The number of ether oxygens (including phenoxy) is 1. The maximum Gasteiger partial charge on any atom is 0.168 e. The summed E-state index contributed by atoms with van der Waals surface area (Å²) in [6, 6.07) is 15.5. The second kappa shape index (κ2) is 8.40. The Morgan fingerprint density at radius 2 is 1.61 bits per heavy atom. The fourth-order valence-electron chi connectivity index (χ4n) is 3.89. The summed E-state index contributed by atoms with van der Waals surface area (Å²) in [5.41, 5.74) is 4.41. The van der Waals surface area contributed by atoms with Crippen LogP contribution in [0.4, 0.5) is 0 Å². The Morgan fingerprint density at radius 3 is 2.30 bits per heavy atom. The molecule has 0 saturated carbocycles. The SMILES string of the molecule is COc1ccc(-n2cnc3cnc(-c4ccc(-n5ccnc5CN(C)C)cc4)c(O)c32)cc1. The van der Waals surface area contributed by atoms with Gasteiger partial charge in [0.1, 0.15) is 34.6 Å². The number of pyridine rings is 1. The average Bonchev–Trinajstić information content (AvgIpc) is 3.47. The lowest BCUT2D eigenvalue weighted by molar-refractivity contribution is 0.388. The monoisotopic (exact) mass is 440 g/mol. The van der Waals surface area contributed by atoms with Crippen LogP contribution in [0.15, 0.2) is 73.4 Å². The second-order valence-corrected chi connectivity index (χ2v) is 8.00. The van der Waals surface area contributed by atoms with Gasteiger partial charge < -0.3 is 19.3 Å². The molecule has 2 aromatic carbocycles. The summed E-state index contributed by atoms with van der Waals surface area (Å²) < 4.78 is 9.15. The Hall–Kier alpha value is -4.17. The first kappa shape index (κ1) is 20.7. The zero-order valence-electron chi connectivity index (χ0n) is 18.7. The van der Waals surface area contributed by atoms with Crippen LogP contribution in [0.25, 0.3) is 33.7 Å². The molecule has 5 aromatic rings. The lowest BCUT2D eigenvalue weighted by atomic mass is 10.1. The normalized spacial score (nSPS) is 11.4. The lowest BCUT2D eigenvalue weighted by Crippen LogP contribution is -2.14. The molecular weight excluding hydrogens is 416 g/mol. The van der Waals surface area contributed by atoms with E-state index in [1.165, 1.54) is 0 Å². The largest absolute Gasteiger partial charge is 0.504 e. The first-order valence-corrected chi connectivity index (χ1v) is 10.5. The predicted octanol–water partition coefficient (Wildman–Crippen LogP) is 4.05. The van der Waals surface area contributed by atoms with Gasteiger partial charge in [0, 0.05) is 29.3 Å². The second-order valence-electron chi connectivity index (χ2n) is 8.00. The number of hydrogen-bond acceptors (Lipinski definition) is 6. The highest BCUT2D eigenvalue weighted by Gasteiger charge is 2.16. The Balaban J connectivity index is 1.53. The van der Waals surface area contributed by atoms with Gasteiger partial charge in [0.05, 0.1) is 19.9 Å². The van der Waals surface area contributed by atoms with Gasteiger partial charge in [0.25, 0.3) is 0 Å². The summed E-state index contributed by atoms with van der Waals surface area (Å²) in [5.74, 6) is 1.81. The third kappa shape index (κ3) is 3.81. The number of imidazole rings is 2. The van der Waals surface area contributed by atoms with Crippen LogP contribution < -0.4 is 4.74 Å². The van der Waals surface area contributed by atoms with Gasteiger partial charge in [0.15, 0.2) is 5.75 Å². The van der Waals surface area contributed by atoms with Crippen LogP contribution in [0.2, 0.25) is 0 Å². The Labute approximate surface area is 191 Å². The molecule has 3 aromatic heterocycles. The molecule has 8 nitrogen and oxygen atoms in total. The quantitative estimate of drug-likeness (QED) is 0.429. The summed E-state index contributed by atoms with van der Waals surface area (Å²) in [6.07, 6.45) is 7.12. The molecule has 3 heterocycles. The van der Waals surface area contributed by atoms with E-state index in [1.807, 2.05) is 73.4 Å². The fourth-order valence-corrected chi connectivity index (χ4v) is 3.89. The van der Waals surface area contributed by atoms with Crippen molar-refractivity contribution in [3.8, 4) is 34.1 Å². The molecule has 0 fully saturated rings. The molecule has 0 saturated heterocycles. The summed E-state index contributed by atoms with van der Waals surface area (Å²) in [7, 11) is 5.67. The van der Waals surface area contributed by atoms with E-state index in [1.54, 1.807) is 25.8 Å². The van der Waals surface area contributed by atoms with E-state index >= 15 is 0 Å². The van der Waals surface area contributed by atoms with Crippen LogP contribution in [-0.2, 0) is 6.54 Å². The van der Waals surface area contributed by atoms with Gasteiger partial charge >= 0.3 is 0 Å². The number of aromatic nitrogens is 5. The van der Waals surface area contributed by atoms with E-state index in [0.717, 1.165) is 35.1 Å². The summed E-state index contributed by atoms with van der Waals surface area (Å²) >= 11 is 0. The summed E-state index contributed by atoms with van der Waals surface area (Å²) in [6.45, 7) is 0.739. The molecule has 0 bridgehead atoms. The molecule has 0 aliphatic rings. The molecule has 1 N–H and O–H groups in total. The summed E-state index contributed by atoms with van der Waals surface area (Å²) in [5, 5.41) is 11.2. The van der Waals surface area contributed by atoms with Crippen LogP contribution in [0, 0.1) is 0 Å². The van der Waals surface area contributed by atoms with Crippen LogP contribution in [0.5, 0.6) is 11.5 Å². The van der Waals surface area contributed by atoms with E-state index in [0.29, 0.717) is 16.7 Å². The van der Waals surface area contributed by atoms with Gasteiger partial charge in [-0.05, 0) is 50.5 Å². The molecule has 33 heavy (non-hydrogen) atoms. The third-order valence-corrected chi connectivity index (χ3v) is 5.50. The van der Waals surface area contributed by atoms with Crippen molar-refractivity contribution < 1.29 is 9.84 Å². The Bertz CT molecular complexity index is 1400. The molecule has 0 aliphatic carbocycles. The van der Waals surface area contributed by atoms with Gasteiger partial charge in [-0.3, -0.25) is 4.57 Å². The Kier molecular flexibility index (Phi) is 5.27. The molecule has 0 radical (unpaired) electrons. The number of fused-ring (bicyclic) bond motifs is 1. The zero-order chi connectivity index (χ0) is 22.9. The van der Waals surface area contributed by atoms with E-state index in [-0.39, 0.29) is 5.75 Å². The summed E-state index contributed by atoms with van der Waals surface area (Å²) in [4.78, 5) is 15.4. The molecule has 0 unspecified atom stereocenters. The number of rotatable bonds is 6. The van der Waals surface area contributed by atoms with Gasteiger partial charge in [-0.25, -0.2) is 15.0 Å². The molecule has 0 spiro atoms. The molecular formula is C25H24N6O2. The van der Waals surface area contributed by atoms with Gasteiger partial charge in [-0.1, -0.05) is 12.1 Å². The maximum absolute atomic E-state index is 11.2. The lowest BCUT2D eigenvalue weighted by Gasteiger charge is -2.13. The van der Waals surface area contributed by atoms with Crippen molar-refractivity contribution in [2.45, 2.75) is 6.54 Å². The highest BCUT2D eigenvalue weighted by atomic mass is 16.5. The van der Waals surface area contributed by atoms with Crippen LogP contribution >= 0.6 is 0 Å². The standard InChI is InChI=1S/C25H24N6O2/c1-29(2)15-22-26-12-13-30(22)18-6-4-17(5-7-18)23-25(32)24-21(14-27-23)28-16-31(24)19-8-10-20(33-3)11-9-19/h4-14,16,32H,15H2,1-3H3. The van der Waals surface area contributed by atoms with Crippen molar-refractivity contribution >= 4 is 11.0 Å². The molecule has 166 valence electrons. The number of benzene rings is 2. The highest BCUT2D eigenvalue weighted by molar-refractivity contribution is 5.89. The topological polar surface area (TPSA) is 81.2 Å². The van der Waals surface area contributed by atoms with Crippen molar-refractivity contribution in [1.29, 1.82) is 0 Å². The predicted molar refractivity (Wildman–Crippen MR) is 127 cm³/mol. The highest BCUT2D eigenvalue weighted by Crippen LogP contribution is 2.35.